The fourth-order valence-corrected chi connectivity index (χ4v) is 0.606. The van der Waals surface area contributed by atoms with E-state index in [-0.39, 0.29) is 13.2 Å². The number of allylic oxidation sites excluding steroid dienone is 1. The first kappa shape index (κ1) is 12.7. The fraction of sp³-hybridized carbons (Fsp3) is 0.500. The molecule has 0 saturated heterocycles. The van der Waals surface area contributed by atoms with Crippen LogP contribution in [0.2, 0.25) is 0 Å². The van der Waals surface area contributed by atoms with Crippen LogP contribution >= 0.6 is 0 Å². The van der Waals surface area contributed by atoms with Gasteiger partial charge in [0.15, 0.2) is 0 Å². The Labute approximate surface area is 83.8 Å². The lowest BCUT2D eigenvalue weighted by molar-refractivity contribution is -0.142. The van der Waals surface area contributed by atoms with Crippen LogP contribution in [0.4, 0.5) is 0 Å². The van der Waals surface area contributed by atoms with Crippen molar-refractivity contribution in [2.45, 2.75) is 20.0 Å². The van der Waals surface area contributed by atoms with Crippen LogP contribution in [-0.2, 0) is 14.3 Å². The van der Waals surface area contributed by atoms with Crippen molar-refractivity contribution in [1.82, 2.24) is 0 Å². The smallest absolute Gasteiger partial charge is 0.333 e. The van der Waals surface area contributed by atoms with Gasteiger partial charge in [-0.25, -0.2) is 4.79 Å². The van der Waals surface area contributed by atoms with Crippen molar-refractivity contribution < 1.29 is 19.4 Å². The quantitative estimate of drug-likeness (QED) is 0.395. The number of rotatable bonds is 6. The number of carbonyl (C=O) groups is 1. The normalized spacial score (nSPS) is 12.5. The van der Waals surface area contributed by atoms with Gasteiger partial charge in [-0.15, -0.1) is 0 Å². The third-order valence-electron chi connectivity index (χ3n) is 1.28. The highest BCUT2D eigenvalue weighted by Crippen LogP contribution is 1.95. The van der Waals surface area contributed by atoms with Gasteiger partial charge < -0.3 is 14.6 Å². The van der Waals surface area contributed by atoms with Crippen LogP contribution in [0.1, 0.15) is 13.8 Å². The second-order valence-electron chi connectivity index (χ2n) is 2.84. The van der Waals surface area contributed by atoms with Gasteiger partial charge in [0.05, 0.1) is 6.26 Å². The minimum atomic E-state index is -0.811. The van der Waals surface area contributed by atoms with Crippen molar-refractivity contribution >= 4 is 5.97 Å². The summed E-state index contributed by atoms with van der Waals surface area (Å²) in [6.07, 6.45) is 2.35. The van der Waals surface area contributed by atoms with E-state index < -0.39 is 12.1 Å². The van der Waals surface area contributed by atoms with Crippen LogP contribution < -0.4 is 0 Å². The highest BCUT2D eigenvalue weighted by Gasteiger charge is 2.08. The molecule has 0 aromatic rings. The number of hydrogen-bond donors (Lipinski definition) is 1. The van der Waals surface area contributed by atoms with Crippen LogP contribution in [-0.4, -0.2) is 30.4 Å². The van der Waals surface area contributed by atoms with Gasteiger partial charge >= 0.3 is 5.97 Å². The topological polar surface area (TPSA) is 55.8 Å². The van der Waals surface area contributed by atoms with Gasteiger partial charge in [0, 0.05) is 5.57 Å². The van der Waals surface area contributed by atoms with Crippen LogP contribution in [0.25, 0.3) is 0 Å². The predicted octanol–water partition coefficient (Wildman–Crippen LogP) is 1.02. The highest BCUT2D eigenvalue weighted by atomic mass is 16.5. The standard InChI is InChI=1S/C10H16O4/c1-4-5-13-6-9(11)7-14-10(12)8(2)3/h4-5,9,11H,2,6-7H2,1,3H3. The Morgan fingerprint density at radius 1 is 1.57 bits per heavy atom. The molecule has 0 bridgehead atoms. The summed E-state index contributed by atoms with van der Waals surface area (Å²) < 4.78 is 9.60. The molecular formula is C10H16O4. The molecule has 0 radical (unpaired) electrons. The molecule has 1 unspecified atom stereocenters. The molecule has 4 nitrogen and oxygen atoms in total. The summed E-state index contributed by atoms with van der Waals surface area (Å²) in [4.78, 5) is 10.9. The summed E-state index contributed by atoms with van der Waals surface area (Å²) >= 11 is 0. The van der Waals surface area contributed by atoms with Crippen molar-refractivity contribution in [3.05, 3.63) is 24.5 Å². The molecule has 0 aromatic carbocycles. The average molecular weight is 200 g/mol. The minimum absolute atomic E-state index is 0.0801. The number of aliphatic hydroxyl groups is 1. The molecule has 1 atom stereocenters. The Balaban J connectivity index is 3.58. The average Bonchev–Trinajstić information content (AvgIpc) is 2.14. The van der Waals surface area contributed by atoms with Crippen molar-refractivity contribution in [1.29, 1.82) is 0 Å². The molecule has 1 N–H and O–H groups in total. The van der Waals surface area contributed by atoms with Gasteiger partial charge in [-0.1, -0.05) is 12.7 Å². The summed E-state index contributed by atoms with van der Waals surface area (Å²) in [5.41, 5.74) is 0.312. The first-order chi connectivity index (χ1) is 6.57. The Morgan fingerprint density at radius 2 is 2.21 bits per heavy atom. The molecule has 0 fully saturated rings. The molecule has 14 heavy (non-hydrogen) atoms. The van der Waals surface area contributed by atoms with Gasteiger partial charge in [0.2, 0.25) is 0 Å². The van der Waals surface area contributed by atoms with E-state index >= 15 is 0 Å². The molecule has 0 spiro atoms. The number of esters is 1. The first-order valence-corrected chi connectivity index (χ1v) is 4.31. The largest absolute Gasteiger partial charge is 0.499 e. The molecular weight excluding hydrogens is 184 g/mol. The maximum atomic E-state index is 10.9. The van der Waals surface area contributed by atoms with E-state index in [1.165, 1.54) is 6.26 Å². The van der Waals surface area contributed by atoms with E-state index in [4.69, 9.17) is 9.47 Å². The van der Waals surface area contributed by atoms with Crippen molar-refractivity contribution in [3.8, 4) is 0 Å². The highest BCUT2D eigenvalue weighted by molar-refractivity contribution is 5.86. The zero-order valence-electron chi connectivity index (χ0n) is 8.53. The SMILES string of the molecule is C=C(C)C(=O)OCC(O)COC=CC. The number of ether oxygens (including phenoxy) is 2. The molecule has 80 valence electrons. The number of aliphatic hydroxyl groups excluding tert-OH is 1. The van der Waals surface area contributed by atoms with E-state index in [0.29, 0.717) is 5.57 Å². The van der Waals surface area contributed by atoms with Crippen molar-refractivity contribution in [3.63, 3.8) is 0 Å². The minimum Gasteiger partial charge on any atom is -0.499 e. The maximum Gasteiger partial charge on any atom is 0.333 e. The lowest BCUT2D eigenvalue weighted by atomic mass is 10.3. The molecule has 0 aliphatic heterocycles. The Morgan fingerprint density at radius 3 is 2.71 bits per heavy atom. The van der Waals surface area contributed by atoms with E-state index in [9.17, 15) is 9.90 Å². The molecule has 0 aliphatic rings. The van der Waals surface area contributed by atoms with Crippen LogP contribution in [0.3, 0.4) is 0 Å². The van der Waals surface area contributed by atoms with Crippen molar-refractivity contribution in [2.75, 3.05) is 13.2 Å². The Kier molecular flexibility index (Phi) is 6.49. The third-order valence-corrected chi connectivity index (χ3v) is 1.28. The van der Waals surface area contributed by atoms with E-state index in [2.05, 4.69) is 6.58 Å². The van der Waals surface area contributed by atoms with Crippen LogP contribution in [0, 0.1) is 0 Å². The van der Waals surface area contributed by atoms with E-state index in [1.807, 2.05) is 0 Å². The first-order valence-electron chi connectivity index (χ1n) is 4.31. The zero-order chi connectivity index (χ0) is 11.0. The second-order valence-corrected chi connectivity index (χ2v) is 2.84. The van der Waals surface area contributed by atoms with E-state index in [0.717, 1.165) is 0 Å². The summed E-state index contributed by atoms with van der Waals surface area (Å²) in [6, 6.07) is 0. The monoisotopic (exact) mass is 200 g/mol. The second kappa shape index (κ2) is 7.15. The van der Waals surface area contributed by atoms with Crippen LogP contribution in [0.5, 0.6) is 0 Å². The van der Waals surface area contributed by atoms with Crippen molar-refractivity contribution in [2.24, 2.45) is 0 Å². The molecule has 0 aliphatic carbocycles. The third kappa shape index (κ3) is 6.25. The summed E-state index contributed by atoms with van der Waals surface area (Å²) in [5, 5.41) is 9.24. The lowest BCUT2D eigenvalue weighted by Crippen LogP contribution is -2.23. The number of carbonyl (C=O) groups excluding carboxylic acids is 1. The zero-order valence-corrected chi connectivity index (χ0v) is 8.53. The molecule has 0 amide bonds. The molecule has 0 saturated carbocycles. The molecule has 4 heteroatoms. The van der Waals surface area contributed by atoms with E-state index in [1.54, 1.807) is 19.9 Å². The molecule has 0 rings (SSSR count). The molecule has 0 aromatic heterocycles. The lowest BCUT2D eigenvalue weighted by Gasteiger charge is -2.10. The predicted molar refractivity (Wildman–Crippen MR) is 52.5 cm³/mol. The Hall–Kier alpha value is -1.29. The maximum absolute atomic E-state index is 10.9. The van der Waals surface area contributed by atoms with Gasteiger partial charge in [0.25, 0.3) is 0 Å². The summed E-state index contributed by atoms with van der Waals surface area (Å²) in [5.74, 6) is -0.505. The number of hydrogen-bond acceptors (Lipinski definition) is 4. The van der Waals surface area contributed by atoms with Gasteiger partial charge in [-0.2, -0.15) is 0 Å². The Bertz CT molecular complexity index is 220. The summed E-state index contributed by atoms with van der Waals surface area (Å²) in [6.45, 7) is 6.78. The van der Waals surface area contributed by atoms with Gasteiger partial charge in [0.1, 0.15) is 19.3 Å². The molecule has 0 heterocycles. The van der Waals surface area contributed by atoms with Gasteiger partial charge in [-0.3, -0.25) is 0 Å². The fourth-order valence-electron chi connectivity index (χ4n) is 0.606. The van der Waals surface area contributed by atoms with Gasteiger partial charge in [-0.05, 0) is 13.8 Å². The van der Waals surface area contributed by atoms with Crippen LogP contribution in [0.15, 0.2) is 24.5 Å². The summed E-state index contributed by atoms with van der Waals surface area (Å²) in [7, 11) is 0.